The van der Waals surface area contributed by atoms with Gasteiger partial charge in [0.15, 0.2) is 0 Å². The second kappa shape index (κ2) is 5.72. The number of rotatable bonds is 4. The number of anilines is 1. The van der Waals surface area contributed by atoms with Crippen LogP contribution in [0.2, 0.25) is 0 Å². The Morgan fingerprint density at radius 1 is 1.44 bits per heavy atom. The lowest BCUT2D eigenvalue weighted by Gasteiger charge is -2.29. The van der Waals surface area contributed by atoms with Crippen LogP contribution in [0.15, 0.2) is 24.3 Å². The minimum Gasteiger partial charge on any atom is -0.373 e. The molecule has 0 radical (unpaired) electrons. The lowest BCUT2D eigenvalue weighted by atomic mass is 10.1. The van der Waals surface area contributed by atoms with Gasteiger partial charge in [0.1, 0.15) is 0 Å². The molecule has 0 spiro atoms. The molecule has 1 saturated heterocycles. The quantitative estimate of drug-likeness (QED) is 0.885. The van der Waals surface area contributed by atoms with Crippen LogP contribution in [0.25, 0.3) is 0 Å². The first-order chi connectivity index (χ1) is 8.59. The lowest BCUT2D eigenvalue weighted by Crippen LogP contribution is -2.37. The molecule has 0 aliphatic carbocycles. The maximum absolute atomic E-state index is 6.05. The molecule has 2 rings (SSSR count). The minimum absolute atomic E-state index is 0.0879. The van der Waals surface area contributed by atoms with Crippen molar-refractivity contribution in [3.63, 3.8) is 0 Å². The van der Waals surface area contributed by atoms with E-state index in [0.29, 0.717) is 6.04 Å². The predicted octanol–water partition coefficient (Wildman–Crippen LogP) is 2.24. The van der Waals surface area contributed by atoms with Gasteiger partial charge in [0.25, 0.3) is 0 Å². The average Bonchev–Trinajstić information content (AvgIpc) is 2.75. The predicted molar refractivity (Wildman–Crippen MR) is 78.0 cm³/mol. The van der Waals surface area contributed by atoms with Crippen LogP contribution in [-0.2, 0) is 0 Å². The van der Waals surface area contributed by atoms with E-state index in [-0.39, 0.29) is 6.04 Å². The summed E-state index contributed by atoms with van der Waals surface area (Å²) < 4.78 is 0. The molecule has 0 aromatic heterocycles. The summed E-state index contributed by atoms with van der Waals surface area (Å²) in [6.45, 7) is 4.36. The summed E-state index contributed by atoms with van der Waals surface area (Å²) in [4.78, 5) is 4.82. The summed E-state index contributed by atoms with van der Waals surface area (Å²) in [7, 11) is 4.40. The molecule has 1 unspecified atom stereocenters. The van der Waals surface area contributed by atoms with Crippen LogP contribution in [-0.4, -0.2) is 38.1 Å². The largest absolute Gasteiger partial charge is 0.373 e. The monoisotopic (exact) mass is 247 g/mol. The lowest BCUT2D eigenvalue weighted by molar-refractivity contribution is 0.314. The number of likely N-dealkylation sites (tertiary alicyclic amines) is 1. The van der Waals surface area contributed by atoms with Crippen molar-refractivity contribution in [3.05, 3.63) is 29.8 Å². The van der Waals surface area contributed by atoms with Crippen molar-refractivity contribution in [2.45, 2.75) is 31.8 Å². The molecule has 1 aromatic rings. The van der Waals surface area contributed by atoms with Gasteiger partial charge in [-0.25, -0.2) is 0 Å². The second-order valence-electron chi connectivity index (χ2n) is 5.50. The molecule has 18 heavy (non-hydrogen) atoms. The Morgan fingerprint density at radius 2 is 2.17 bits per heavy atom. The van der Waals surface area contributed by atoms with E-state index in [4.69, 9.17) is 5.73 Å². The first-order valence-corrected chi connectivity index (χ1v) is 6.85. The summed E-state index contributed by atoms with van der Waals surface area (Å²) in [6, 6.07) is 9.23. The first-order valence-electron chi connectivity index (χ1n) is 6.85. The van der Waals surface area contributed by atoms with Crippen LogP contribution in [0.3, 0.4) is 0 Å². The van der Waals surface area contributed by atoms with Crippen molar-refractivity contribution >= 4 is 5.69 Å². The SMILES string of the molecule is C[C@H](N)c1ccccc1N(C)CC1CCCN1C. The summed E-state index contributed by atoms with van der Waals surface area (Å²) >= 11 is 0. The molecule has 3 heteroatoms. The number of hydrogen-bond donors (Lipinski definition) is 1. The van der Waals surface area contributed by atoms with E-state index < -0.39 is 0 Å². The summed E-state index contributed by atoms with van der Waals surface area (Å²) in [5, 5.41) is 0. The first kappa shape index (κ1) is 13.4. The van der Waals surface area contributed by atoms with Crippen molar-refractivity contribution in [2.75, 3.05) is 32.1 Å². The highest BCUT2D eigenvalue weighted by Crippen LogP contribution is 2.25. The Bertz CT molecular complexity index is 389. The van der Waals surface area contributed by atoms with E-state index in [0.717, 1.165) is 6.54 Å². The Kier molecular flexibility index (Phi) is 4.25. The highest BCUT2D eigenvalue weighted by atomic mass is 15.2. The highest BCUT2D eigenvalue weighted by Gasteiger charge is 2.23. The Hall–Kier alpha value is -1.06. The second-order valence-corrected chi connectivity index (χ2v) is 5.50. The van der Waals surface area contributed by atoms with Gasteiger partial charge in [-0.15, -0.1) is 0 Å². The van der Waals surface area contributed by atoms with Crippen molar-refractivity contribution < 1.29 is 0 Å². The van der Waals surface area contributed by atoms with Gasteiger partial charge in [-0.3, -0.25) is 0 Å². The molecular weight excluding hydrogens is 222 g/mol. The number of nitrogens with two attached hydrogens (primary N) is 1. The number of benzene rings is 1. The van der Waals surface area contributed by atoms with Gasteiger partial charge in [-0.05, 0) is 45.0 Å². The van der Waals surface area contributed by atoms with Crippen LogP contribution < -0.4 is 10.6 Å². The molecular formula is C15H25N3. The van der Waals surface area contributed by atoms with Crippen LogP contribution in [0.1, 0.15) is 31.4 Å². The molecule has 1 aliphatic rings. The van der Waals surface area contributed by atoms with E-state index in [1.165, 1.54) is 30.6 Å². The maximum atomic E-state index is 6.05. The molecule has 1 aromatic carbocycles. The summed E-state index contributed by atoms with van der Waals surface area (Å²) in [5.41, 5.74) is 8.56. The molecule has 3 nitrogen and oxygen atoms in total. The van der Waals surface area contributed by atoms with E-state index in [2.05, 4.69) is 48.2 Å². The van der Waals surface area contributed by atoms with Crippen molar-refractivity contribution in [1.29, 1.82) is 0 Å². The van der Waals surface area contributed by atoms with Gasteiger partial charge in [0.05, 0.1) is 0 Å². The summed E-state index contributed by atoms with van der Waals surface area (Å²) in [5.74, 6) is 0. The fraction of sp³-hybridized carbons (Fsp3) is 0.600. The third kappa shape index (κ3) is 2.85. The van der Waals surface area contributed by atoms with Crippen molar-refractivity contribution in [2.24, 2.45) is 5.73 Å². The zero-order valence-electron chi connectivity index (χ0n) is 11.8. The van der Waals surface area contributed by atoms with Gasteiger partial charge < -0.3 is 15.5 Å². The molecule has 2 atom stereocenters. The zero-order chi connectivity index (χ0) is 13.1. The fourth-order valence-electron chi connectivity index (χ4n) is 2.84. The van der Waals surface area contributed by atoms with Crippen molar-refractivity contribution in [1.82, 2.24) is 4.90 Å². The molecule has 0 amide bonds. The smallest absolute Gasteiger partial charge is 0.0412 e. The molecule has 1 heterocycles. The fourth-order valence-corrected chi connectivity index (χ4v) is 2.84. The topological polar surface area (TPSA) is 32.5 Å². The number of hydrogen-bond acceptors (Lipinski definition) is 3. The van der Waals surface area contributed by atoms with E-state index in [1.807, 2.05) is 6.92 Å². The molecule has 1 aliphatic heterocycles. The van der Waals surface area contributed by atoms with Crippen LogP contribution >= 0.6 is 0 Å². The Labute approximate surface area is 111 Å². The zero-order valence-corrected chi connectivity index (χ0v) is 11.8. The van der Waals surface area contributed by atoms with E-state index >= 15 is 0 Å². The van der Waals surface area contributed by atoms with E-state index in [9.17, 15) is 0 Å². The van der Waals surface area contributed by atoms with Gasteiger partial charge in [0.2, 0.25) is 0 Å². The third-order valence-corrected chi connectivity index (χ3v) is 3.99. The average molecular weight is 247 g/mol. The Balaban J connectivity index is 2.10. The van der Waals surface area contributed by atoms with Crippen LogP contribution in [0.5, 0.6) is 0 Å². The number of likely N-dealkylation sites (N-methyl/N-ethyl adjacent to an activating group) is 2. The molecule has 0 saturated carbocycles. The van der Waals surface area contributed by atoms with E-state index in [1.54, 1.807) is 0 Å². The Morgan fingerprint density at radius 3 is 2.78 bits per heavy atom. The summed E-state index contributed by atoms with van der Waals surface area (Å²) in [6.07, 6.45) is 2.63. The molecule has 1 fully saturated rings. The highest BCUT2D eigenvalue weighted by molar-refractivity contribution is 5.54. The normalized spacial score (nSPS) is 22.1. The van der Waals surface area contributed by atoms with Gasteiger partial charge in [-0.2, -0.15) is 0 Å². The molecule has 0 bridgehead atoms. The van der Waals surface area contributed by atoms with Crippen molar-refractivity contribution in [3.8, 4) is 0 Å². The molecule has 100 valence electrons. The minimum atomic E-state index is 0.0879. The maximum Gasteiger partial charge on any atom is 0.0412 e. The van der Waals surface area contributed by atoms with Crippen LogP contribution in [0.4, 0.5) is 5.69 Å². The number of nitrogens with zero attached hydrogens (tertiary/aromatic N) is 2. The van der Waals surface area contributed by atoms with Gasteiger partial charge in [-0.1, -0.05) is 18.2 Å². The molecule has 2 N–H and O–H groups in total. The standard InChI is InChI=1S/C15H25N3/c1-12(16)14-8-4-5-9-15(14)18(3)11-13-7-6-10-17(13)2/h4-5,8-9,12-13H,6-7,10-11,16H2,1-3H3/t12-,13?/m0/s1. The van der Waals surface area contributed by atoms with Gasteiger partial charge >= 0.3 is 0 Å². The van der Waals surface area contributed by atoms with Crippen LogP contribution in [0, 0.1) is 0 Å². The number of para-hydroxylation sites is 1. The third-order valence-electron chi connectivity index (χ3n) is 3.99. The van der Waals surface area contributed by atoms with Gasteiger partial charge in [0, 0.05) is 31.4 Å².